The second kappa shape index (κ2) is 5.81. The van der Waals surface area contributed by atoms with E-state index >= 15 is 0 Å². The van der Waals surface area contributed by atoms with Crippen molar-refractivity contribution >= 4 is 0 Å². The number of methoxy groups -OCH3 is 2. The van der Waals surface area contributed by atoms with Crippen molar-refractivity contribution in [1.29, 1.82) is 0 Å². The highest BCUT2D eigenvalue weighted by atomic mass is 16.5. The molecule has 1 N–H and O–H groups in total. The first-order chi connectivity index (χ1) is 10.7. The number of rotatable bonds is 4. The molecule has 0 unspecified atom stereocenters. The minimum Gasteiger partial charge on any atom is -0.497 e. The lowest BCUT2D eigenvalue weighted by Crippen LogP contribution is -2.05. The summed E-state index contributed by atoms with van der Waals surface area (Å²) in [5.41, 5.74) is 2.27. The van der Waals surface area contributed by atoms with Crippen molar-refractivity contribution in [2.75, 3.05) is 14.2 Å². The fraction of sp³-hybridized carbons (Fsp3) is 0.118. The normalized spacial score (nSPS) is 10.5. The Hall–Kier alpha value is -2.95. The van der Waals surface area contributed by atoms with E-state index in [1.165, 1.54) is 0 Å². The number of nitrogens with one attached hydrogen (secondary N) is 1. The van der Waals surface area contributed by atoms with Crippen molar-refractivity contribution < 1.29 is 9.47 Å². The first-order valence-electron chi connectivity index (χ1n) is 6.83. The SMILES string of the molecule is COc1ccc(-c2cc(=O)[nH]n2-c2ccccc2OC)cc1. The van der Waals surface area contributed by atoms with E-state index in [1.807, 2.05) is 48.5 Å². The van der Waals surface area contributed by atoms with Gasteiger partial charge in [-0.05, 0) is 36.4 Å². The van der Waals surface area contributed by atoms with E-state index in [9.17, 15) is 4.79 Å². The van der Waals surface area contributed by atoms with E-state index < -0.39 is 0 Å². The van der Waals surface area contributed by atoms with Crippen LogP contribution in [0, 0.1) is 0 Å². The molecule has 1 heterocycles. The quantitative estimate of drug-likeness (QED) is 0.805. The molecule has 0 atom stereocenters. The van der Waals surface area contributed by atoms with Gasteiger partial charge < -0.3 is 9.47 Å². The molecule has 0 saturated heterocycles. The summed E-state index contributed by atoms with van der Waals surface area (Å²) in [6.45, 7) is 0. The highest BCUT2D eigenvalue weighted by Crippen LogP contribution is 2.27. The molecule has 0 radical (unpaired) electrons. The summed E-state index contributed by atoms with van der Waals surface area (Å²) in [6.07, 6.45) is 0. The molecule has 3 rings (SSSR count). The molecule has 0 spiro atoms. The summed E-state index contributed by atoms with van der Waals surface area (Å²) < 4.78 is 12.3. The van der Waals surface area contributed by atoms with Crippen LogP contribution in [-0.4, -0.2) is 24.0 Å². The summed E-state index contributed by atoms with van der Waals surface area (Å²) in [4.78, 5) is 11.8. The van der Waals surface area contributed by atoms with Crippen molar-refractivity contribution in [3.8, 4) is 28.4 Å². The molecule has 5 nitrogen and oxygen atoms in total. The molecule has 0 bridgehead atoms. The molecule has 5 heteroatoms. The number of H-pyrrole nitrogens is 1. The molecule has 0 fully saturated rings. The predicted molar refractivity (Wildman–Crippen MR) is 84.9 cm³/mol. The lowest BCUT2D eigenvalue weighted by molar-refractivity contribution is 0.412. The van der Waals surface area contributed by atoms with Crippen LogP contribution in [-0.2, 0) is 0 Å². The first kappa shape index (κ1) is 14.0. The summed E-state index contributed by atoms with van der Waals surface area (Å²) in [5.74, 6) is 1.45. The van der Waals surface area contributed by atoms with Gasteiger partial charge in [0.2, 0.25) is 0 Å². The lowest BCUT2D eigenvalue weighted by Gasteiger charge is -2.12. The van der Waals surface area contributed by atoms with Crippen LogP contribution in [0.3, 0.4) is 0 Å². The molecular weight excluding hydrogens is 280 g/mol. The second-order valence-corrected chi connectivity index (χ2v) is 4.74. The maximum atomic E-state index is 11.8. The van der Waals surface area contributed by atoms with Crippen LogP contribution in [0.5, 0.6) is 11.5 Å². The molecule has 1 aromatic heterocycles. The fourth-order valence-electron chi connectivity index (χ4n) is 2.37. The molecule has 2 aromatic carbocycles. The van der Waals surface area contributed by atoms with Crippen LogP contribution >= 0.6 is 0 Å². The van der Waals surface area contributed by atoms with Crippen molar-refractivity contribution in [2.24, 2.45) is 0 Å². The van der Waals surface area contributed by atoms with Crippen LogP contribution in [0.2, 0.25) is 0 Å². The first-order valence-corrected chi connectivity index (χ1v) is 6.83. The number of nitrogens with zero attached hydrogens (tertiary/aromatic N) is 1. The summed E-state index contributed by atoms with van der Waals surface area (Å²) in [7, 11) is 3.23. The molecule has 3 aromatic rings. The number of hydrogen-bond donors (Lipinski definition) is 1. The Morgan fingerprint density at radius 1 is 0.955 bits per heavy atom. The Morgan fingerprint density at radius 2 is 1.68 bits per heavy atom. The minimum absolute atomic E-state index is 0.170. The van der Waals surface area contributed by atoms with Gasteiger partial charge in [-0.15, -0.1) is 0 Å². The van der Waals surface area contributed by atoms with Crippen molar-refractivity contribution in [3.63, 3.8) is 0 Å². The van der Waals surface area contributed by atoms with Crippen LogP contribution in [0.25, 0.3) is 16.9 Å². The zero-order valence-electron chi connectivity index (χ0n) is 12.4. The van der Waals surface area contributed by atoms with Gasteiger partial charge in [0.1, 0.15) is 17.2 Å². The van der Waals surface area contributed by atoms with E-state index in [1.54, 1.807) is 25.0 Å². The van der Waals surface area contributed by atoms with Gasteiger partial charge in [-0.2, -0.15) is 0 Å². The number of hydrogen-bond acceptors (Lipinski definition) is 3. The number of aromatic amines is 1. The van der Waals surface area contributed by atoms with E-state index in [2.05, 4.69) is 5.10 Å². The number of para-hydroxylation sites is 2. The van der Waals surface area contributed by atoms with E-state index in [0.717, 1.165) is 22.7 Å². The topological polar surface area (TPSA) is 56.2 Å². The Balaban J connectivity index is 2.15. The lowest BCUT2D eigenvalue weighted by atomic mass is 10.1. The average molecular weight is 296 g/mol. The van der Waals surface area contributed by atoms with E-state index in [-0.39, 0.29) is 5.56 Å². The highest BCUT2D eigenvalue weighted by Gasteiger charge is 2.12. The van der Waals surface area contributed by atoms with Crippen molar-refractivity contribution in [1.82, 2.24) is 9.78 Å². The summed E-state index contributed by atoms with van der Waals surface area (Å²) in [6, 6.07) is 16.6. The van der Waals surface area contributed by atoms with E-state index in [0.29, 0.717) is 5.75 Å². The molecule has 0 aliphatic rings. The molecule has 112 valence electrons. The van der Waals surface area contributed by atoms with Crippen LogP contribution < -0.4 is 15.0 Å². The third-order valence-corrected chi connectivity index (χ3v) is 3.44. The van der Waals surface area contributed by atoms with Gasteiger partial charge >= 0.3 is 0 Å². The highest BCUT2D eigenvalue weighted by molar-refractivity contribution is 5.64. The second-order valence-electron chi connectivity index (χ2n) is 4.74. The molecule has 0 saturated carbocycles. The van der Waals surface area contributed by atoms with Crippen LogP contribution in [0.4, 0.5) is 0 Å². The Morgan fingerprint density at radius 3 is 2.36 bits per heavy atom. The number of benzene rings is 2. The average Bonchev–Trinajstić information content (AvgIpc) is 2.96. The van der Waals surface area contributed by atoms with Gasteiger partial charge in [0, 0.05) is 11.6 Å². The zero-order valence-corrected chi connectivity index (χ0v) is 12.4. The molecule has 0 aliphatic heterocycles. The molecule has 22 heavy (non-hydrogen) atoms. The monoisotopic (exact) mass is 296 g/mol. The van der Waals surface area contributed by atoms with Crippen LogP contribution in [0.1, 0.15) is 0 Å². The van der Waals surface area contributed by atoms with Crippen LogP contribution in [0.15, 0.2) is 59.4 Å². The third-order valence-electron chi connectivity index (χ3n) is 3.44. The maximum absolute atomic E-state index is 11.8. The predicted octanol–water partition coefficient (Wildman–Crippen LogP) is 2.85. The third kappa shape index (κ3) is 2.48. The zero-order chi connectivity index (χ0) is 15.5. The fourth-order valence-corrected chi connectivity index (χ4v) is 2.37. The number of ether oxygens (including phenoxy) is 2. The summed E-state index contributed by atoms with van der Waals surface area (Å²) in [5, 5.41) is 2.81. The molecule has 0 amide bonds. The van der Waals surface area contributed by atoms with Gasteiger partial charge in [0.05, 0.1) is 19.9 Å². The Labute approximate surface area is 127 Å². The van der Waals surface area contributed by atoms with Gasteiger partial charge in [0.15, 0.2) is 0 Å². The number of aromatic nitrogens is 2. The smallest absolute Gasteiger partial charge is 0.265 e. The Kier molecular flexibility index (Phi) is 3.70. The minimum atomic E-state index is -0.170. The van der Waals surface area contributed by atoms with Gasteiger partial charge in [-0.1, -0.05) is 12.1 Å². The summed E-state index contributed by atoms with van der Waals surface area (Å²) >= 11 is 0. The maximum Gasteiger partial charge on any atom is 0.265 e. The Bertz CT molecular complexity index is 832. The largest absolute Gasteiger partial charge is 0.497 e. The molecular formula is C17H16N2O3. The molecule has 0 aliphatic carbocycles. The van der Waals surface area contributed by atoms with Gasteiger partial charge in [0.25, 0.3) is 5.56 Å². The standard InChI is InChI=1S/C17H16N2O3/c1-21-13-9-7-12(8-10-13)15-11-17(20)18-19(15)14-5-3-4-6-16(14)22-2/h3-11H,1-2H3,(H,18,20). The van der Waals surface area contributed by atoms with Gasteiger partial charge in [-0.3, -0.25) is 9.89 Å². The van der Waals surface area contributed by atoms with Crippen molar-refractivity contribution in [3.05, 3.63) is 65.0 Å². The van der Waals surface area contributed by atoms with E-state index in [4.69, 9.17) is 9.47 Å². The van der Waals surface area contributed by atoms with Gasteiger partial charge in [-0.25, -0.2) is 4.68 Å². The van der Waals surface area contributed by atoms with Crippen molar-refractivity contribution in [2.45, 2.75) is 0 Å².